The van der Waals surface area contributed by atoms with Gasteiger partial charge in [-0.15, -0.1) is 0 Å². The van der Waals surface area contributed by atoms with Crippen LogP contribution in [0, 0.1) is 6.92 Å². The third-order valence-corrected chi connectivity index (χ3v) is 3.16. The number of aliphatic hydroxyl groups excluding tert-OH is 1. The number of hydrogen-bond donors (Lipinski definition) is 1. The molecule has 0 bridgehead atoms. The van der Waals surface area contributed by atoms with E-state index in [4.69, 9.17) is 0 Å². The van der Waals surface area contributed by atoms with Gasteiger partial charge in [0.05, 0.1) is 6.10 Å². The number of benzene rings is 1. The van der Waals surface area contributed by atoms with Crippen molar-refractivity contribution in [3.8, 4) is 0 Å². The highest BCUT2D eigenvalue weighted by atomic mass is 16.3. The lowest BCUT2D eigenvalue weighted by Crippen LogP contribution is -2.17. The fourth-order valence-electron chi connectivity index (χ4n) is 2.08. The Hall–Kier alpha value is -1.87. The maximum Gasteiger partial charge on any atom is 0.132 e. The van der Waals surface area contributed by atoms with E-state index >= 15 is 0 Å². The van der Waals surface area contributed by atoms with Crippen LogP contribution in [0.25, 0.3) is 0 Å². The molecule has 0 unspecified atom stereocenters. The second-order valence-electron chi connectivity index (χ2n) is 4.71. The Morgan fingerprint density at radius 2 is 2.05 bits per heavy atom. The minimum Gasteiger partial charge on any atom is -0.389 e. The first kappa shape index (κ1) is 13.6. The van der Waals surface area contributed by atoms with Gasteiger partial charge in [-0.25, -0.2) is 4.98 Å². The van der Waals surface area contributed by atoms with Crippen LogP contribution in [0.1, 0.15) is 31.1 Å². The van der Waals surface area contributed by atoms with Crippen LogP contribution in [0.2, 0.25) is 0 Å². The maximum atomic E-state index is 9.51. The number of hydrogen-bond acceptors (Lipinski definition) is 3. The minimum absolute atomic E-state index is 0.476. The SMILES string of the molecule is CCN(c1cccc(C)c1)c1ccc([C@@H](C)O)cn1. The highest BCUT2D eigenvalue weighted by Crippen LogP contribution is 2.24. The predicted octanol–water partition coefficient (Wildman–Crippen LogP) is 3.60. The first-order chi connectivity index (χ1) is 9.11. The summed E-state index contributed by atoms with van der Waals surface area (Å²) < 4.78 is 0. The van der Waals surface area contributed by atoms with Gasteiger partial charge in [-0.3, -0.25) is 0 Å². The second-order valence-corrected chi connectivity index (χ2v) is 4.71. The molecule has 3 heteroatoms. The van der Waals surface area contributed by atoms with E-state index in [0.717, 1.165) is 23.6 Å². The molecule has 0 aliphatic rings. The molecule has 0 saturated carbocycles. The zero-order chi connectivity index (χ0) is 13.8. The van der Waals surface area contributed by atoms with Crippen LogP contribution in [0.4, 0.5) is 11.5 Å². The monoisotopic (exact) mass is 256 g/mol. The second kappa shape index (κ2) is 5.85. The van der Waals surface area contributed by atoms with E-state index in [1.165, 1.54) is 5.56 Å². The summed E-state index contributed by atoms with van der Waals surface area (Å²) in [5.74, 6) is 0.900. The molecule has 0 aliphatic carbocycles. The van der Waals surface area contributed by atoms with Gasteiger partial charge in [0.2, 0.25) is 0 Å². The molecule has 0 fully saturated rings. The summed E-state index contributed by atoms with van der Waals surface area (Å²) in [6.45, 7) is 6.78. The van der Waals surface area contributed by atoms with Gasteiger partial charge in [0.15, 0.2) is 0 Å². The zero-order valence-corrected chi connectivity index (χ0v) is 11.7. The molecule has 1 heterocycles. The molecule has 2 rings (SSSR count). The van der Waals surface area contributed by atoms with Gasteiger partial charge >= 0.3 is 0 Å². The summed E-state index contributed by atoms with van der Waals surface area (Å²) in [7, 11) is 0. The van der Waals surface area contributed by atoms with E-state index in [9.17, 15) is 5.11 Å². The molecule has 1 N–H and O–H groups in total. The van der Waals surface area contributed by atoms with Gasteiger partial charge in [-0.1, -0.05) is 18.2 Å². The van der Waals surface area contributed by atoms with Gasteiger partial charge in [0.25, 0.3) is 0 Å². The van der Waals surface area contributed by atoms with E-state index in [0.29, 0.717) is 0 Å². The molecule has 1 aromatic carbocycles. The minimum atomic E-state index is -0.476. The highest BCUT2D eigenvalue weighted by Gasteiger charge is 2.09. The topological polar surface area (TPSA) is 36.4 Å². The Morgan fingerprint density at radius 1 is 1.26 bits per heavy atom. The molecule has 100 valence electrons. The standard InChI is InChI=1S/C16H20N2O/c1-4-18(15-7-5-6-12(2)10-15)16-9-8-14(11-17-16)13(3)19/h5-11,13,19H,4H2,1-3H3/t13-/m1/s1. The Labute approximate surface area is 114 Å². The summed E-state index contributed by atoms with van der Waals surface area (Å²) in [5, 5.41) is 9.51. The number of nitrogens with zero attached hydrogens (tertiary/aromatic N) is 2. The first-order valence-electron chi connectivity index (χ1n) is 6.60. The molecule has 1 atom stereocenters. The molecular weight excluding hydrogens is 236 g/mol. The maximum absolute atomic E-state index is 9.51. The largest absolute Gasteiger partial charge is 0.389 e. The van der Waals surface area contributed by atoms with Crippen molar-refractivity contribution in [1.82, 2.24) is 4.98 Å². The molecule has 3 nitrogen and oxygen atoms in total. The van der Waals surface area contributed by atoms with E-state index < -0.39 is 6.10 Å². The summed E-state index contributed by atoms with van der Waals surface area (Å²) >= 11 is 0. The predicted molar refractivity (Wildman–Crippen MR) is 78.7 cm³/mol. The molecule has 0 saturated heterocycles. The summed E-state index contributed by atoms with van der Waals surface area (Å²) in [4.78, 5) is 6.59. The van der Waals surface area contributed by atoms with Crippen molar-refractivity contribution >= 4 is 11.5 Å². The molecule has 1 aromatic heterocycles. The van der Waals surface area contributed by atoms with E-state index in [-0.39, 0.29) is 0 Å². The van der Waals surface area contributed by atoms with Gasteiger partial charge < -0.3 is 10.0 Å². The van der Waals surface area contributed by atoms with E-state index in [1.807, 2.05) is 12.1 Å². The summed E-state index contributed by atoms with van der Waals surface area (Å²) in [6, 6.07) is 12.2. The van der Waals surface area contributed by atoms with Crippen molar-refractivity contribution < 1.29 is 5.11 Å². The average molecular weight is 256 g/mol. The average Bonchev–Trinajstić information content (AvgIpc) is 2.40. The van der Waals surface area contributed by atoms with Crippen LogP contribution in [0.3, 0.4) is 0 Å². The first-order valence-corrected chi connectivity index (χ1v) is 6.60. The lowest BCUT2D eigenvalue weighted by Gasteiger charge is -2.22. The number of aryl methyl sites for hydroxylation is 1. The van der Waals surface area contributed by atoms with Gasteiger partial charge in [0.1, 0.15) is 5.82 Å². The zero-order valence-electron chi connectivity index (χ0n) is 11.7. The highest BCUT2D eigenvalue weighted by molar-refractivity contribution is 5.60. The van der Waals surface area contributed by atoms with Gasteiger partial charge in [-0.2, -0.15) is 0 Å². The van der Waals surface area contributed by atoms with Crippen molar-refractivity contribution in [3.05, 3.63) is 53.7 Å². The third kappa shape index (κ3) is 3.12. The quantitative estimate of drug-likeness (QED) is 0.908. The number of aromatic nitrogens is 1. The van der Waals surface area contributed by atoms with Gasteiger partial charge in [0, 0.05) is 18.4 Å². The molecule has 0 spiro atoms. The molecule has 0 aliphatic heterocycles. The van der Waals surface area contributed by atoms with Crippen LogP contribution in [0.5, 0.6) is 0 Å². The fourth-order valence-corrected chi connectivity index (χ4v) is 2.08. The van der Waals surface area contributed by atoms with E-state index in [2.05, 4.69) is 48.0 Å². The molecule has 19 heavy (non-hydrogen) atoms. The molecule has 0 radical (unpaired) electrons. The third-order valence-electron chi connectivity index (χ3n) is 3.16. The van der Waals surface area contributed by atoms with Gasteiger partial charge in [-0.05, 0) is 50.1 Å². The number of aliphatic hydroxyl groups is 1. The van der Waals surface area contributed by atoms with Crippen LogP contribution < -0.4 is 4.90 Å². The Balaban J connectivity index is 2.31. The van der Waals surface area contributed by atoms with Crippen LogP contribution in [0.15, 0.2) is 42.6 Å². The lowest BCUT2D eigenvalue weighted by molar-refractivity contribution is 0.199. The Morgan fingerprint density at radius 3 is 2.58 bits per heavy atom. The molecular formula is C16H20N2O. The number of anilines is 2. The Kier molecular flexibility index (Phi) is 4.17. The summed E-state index contributed by atoms with van der Waals surface area (Å²) in [5.41, 5.74) is 3.21. The van der Waals surface area contributed by atoms with Crippen LogP contribution in [-0.2, 0) is 0 Å². The number of pyridine rings is 1. The lowest BCUT2D eigenvalue weighted by atomic mass is 10.2. The van der Waals surface area contributed by atoms with Crippen molar-refractivity contribution in [2.45, 2.75) is 26.9 Å². The summed E-state index contributed by atoms with van der Waals surface area (Å²) in [6.07, 6.45) is 1.26. The normalized spacial score (nSPS) is 12.2. The van der Waals surface area contributed by atoms with Crippen molar-refractivity contribution in [2.75, 3.05) is 11.4 Å². The molecule has 0 amide bonds. The fraction of sp³-hybridized carbons (Fsp3) is 0.312. The van der Waals surface area contributed by atoms with Crippen molar-refractivity contribution in [3.63, 3.8) is 0 Å². The van der Waals surface area contributed by atoms with Crippen molar-refractivity contribution in [2.24, 2.45) is 0 Å². The Bertz CT molecular complexity index is 535. The van der Waals surface area contributed by atoms with Crippen LogP contribution >= 0.6 is 0 Å². The van der Waals surface area contributed by atoms with Crippen molar-refractivity contribution in [1.29, 1.82) is 0 Å². The smallest absolute Gasteiger partial charge is 0.132 e. The number of rotatable bonds is 4. The van der Waals surface area contributed by atoms with E-state index in [1.54, 1.807) is 13.1 Å². The molecule has 2 aromatic rings. The van der Waals surface area contributed by atoms with Crippen LogP contribution in [-0.4, -0.2) is 16.6 Å².